The molecule has 0 fully saturated rings. The van der Waals surface area contributed by atoms with Crippen LogP contribution in [0.2, 0.25) is 5.15 Å². The van der Waals surface area contributed by atoms with Crippen molar-refractivity contribution in [3.05, 3.63) is 40.7 Å². The number of nitrogens with zero attached hydrogens (tertiary/aromatic N) is 3. The van der Waals surface area contributed by atoms with Gasteiger partial charge < -0.3 is 32.4 Å². The lowest BCUT2D eigenvalue weighted by Gasteiger charge is -2.14. The molecule has 168 valence electrons. The van der Waals surface area contributed by atoms with Gasteiger partial charge in [-0.2, -0.15) is 0 Å². The zero-order chi connectivity index (χ0) is 22.8. The van der Waals surface area contributed by atoms with E-state index in [9.17, 15) is 4.79 Å². The molecule has 1 heterocycles. The Hall–Kier alpha value is -3.15. The summed E-state index contributed by atoms with van der Waals surface area (Å²) >= 11 is 5.77. The van der Waals surface area contributed by atoms with E-state index in [0.29, 0.717) is 12.3 Å². The monoisotopic (exact) mass is 450 g/mol. The molecule has 0 aliphatic rings. The maximum atomic E-state index is 12.2. The van der Waals surface area contributed by atoms with Gasteiger partial charge in [0, 0.05) is 6.54 Å². The number of anilines is 2. The normalized spacial score (nSPS) is 12.4. The van der Waals surface area contributed by atoms with Crippen molar-refractivity contribution in [2.24, 2.45) is 16.5 Å². The zero-order valence-corrected chi connectivity index (χ0v) is 17.9. The van der Waals surface area contributed by atoms with Gasteiger partial charge in [-0.25, -0.2) is 9.97 Å². The van der Waals surface area contributed by atoms with Crippen molar-refractivity contribution < 1.29 is 14.3 Å². The second-order valence-corrected chi connectivity index (χ2v) is 6.83. The number of aryl methyl sites for hydroxylation is 1. The minimum Gasteiger partial charge on any atom is -0.465 e. The highest BCUT2D eigenvalue weighted by Gasteiger charge is 2.16. The molecule has 11 nitrogen and oxygen atoms in total. The molecule has 1 amide bonds. The first-order valence-electron chi connectivity index (χ1n) is 9.57. The van der Waals surface area contributed by atoms with E-state index in [2.05, 4.69) is 20.3 Å². The highest BCUT2D eigenvalue weighted by molar-refractivity contribution is 6.31. The standard InChI is InChI=1S/C19H27ClN8O3/c1-11(30-10-21)31-13-7-5-12(6-8-13)4-2-3-9-25-19(24)28-18(29)14-16(22)27-17(23)15(20)26-14/h5-8,11H,2-4,9-10,21H2,1H3,(H4,22,23,27)(H3,24,25,28,29). The molecule has 1 atom stereocenters. The maximum absolute atomic E-state index is 12.2. The van der Waals surface area contributed by atoms with Crippen LogP contribution in [0.4, 0.5) is 11.6 Å². The number of nitrogens with one attached hydrogen (secondary N) is 1. The number of aromatic nitrogens is 2. The van der Waals surface area contributed by atoms with Gasteiger partial charge in [-0.05, 0) is 43.9 Å². The third-order valence-electron chi connectivity index (χ3n) is 4.07. The molecule has 1 unspecified atom stereocenters. The second-order valence-electron chi connectivity index (χ2n) is 6.47. The fourth-order valence-electron chi connectivity index (χ4n) is 2.56. The number of ether oxygens (including phenoxy) is 2. The quantitative estimate of drug-likeness (QED) is 0.152. The lowest BCUT2D eigenvalue weighted by atomic mass is 10.1. The first-order chi connectivity index (χ1) is 14.8. The Labute approximate surface area is 185 Å². The third kappa shape index (κ3) is 7.89. The molecular formula is C19H27ClN8O3. The molecule has 0 bridgehead atoms. The van der Waals surface area contributed by atoms with Crippen LogP contribution in [0.5, 0.6) is 5.75 Å². The number of amides is 1. The second kappa shape index (κ2) is 11.9. The summed E-state index contributed by atoms with van der Waals surface area (Å²) < 4.78 is 10.7. The number of nitrogen functional groups attached to an aromatic ring is 2. The first kappa shape index (κ1) is 24.1. The Bertz CT molecular complexity index is 908. The third-order valence-corrected chi connectivity index (χ3v) is 4.35. The summed E-state index contributed by atoms with van der Waals surface area (Å²) in [5.41, 5.74) is 23.2. The number of nitrogens with two attached hydrogens (primary N) is 4. The molecule has 2 aromatic rings. The summed E-state index contributed by atoms with van der Waals surface area (Å²) in [6, 6.07) is 7.75. The van der Waals surface area contributed by atoms with Gasteiger partial charge in [0.2, 0.25) is 0 Å². The summed E-state index contributed by atoms with van der Waals surface area (Å²) in [6.45, 7) is 2.33. The molecule has 12 heteroatoms. The molecule has 0 saturated carbocycles. The number of hydrogen-bond acceptors (Lipinski definition) is 9. The topological polar surface area (TPSA) is 190 Å². The van der Waals surface area contributed by atoms with Gasteiger partial charge in [0.1, 0.15) is 5.75 Å². The van der Waals surface area contributed by atoms with E-state index in [-0.39, 0.29) is 35.2 Å². The van der Waals surface area contributed by atoms with Crippen LogP contribution in [0.1, 0.15) is 35.8 Å². The predicted molar refractivity (Wildman–Crippen MR) is 119 cm³/mol. The first-order valence-corrected chi connectivity index (χ1v) is 9.95. The molecule has 9 N–H and O–H groups in total. The van der Waals surface area contributed by atoms with Gasteiger partial charge in [-0.3, -0.25) is 15.1 Å². The fourth-order valence-corrected chi connectivity index (χ4v) is 2.69. The molecule has 0 aliphatic heterocycles. The SMILES string of the molecule is CC(OCN)Oc1ccc(CCCCN=C(N)NC(=O)c2nc(Cl)c(N)nc2N)cc1. The summed E-state index contributed by atoms with van der Waals surface area (Å²) in [5, 5.41) is 2.28. The average Bonchev–Trinajstić information content (AvgIpc) is 2.71. The molecular weight excluding hydrogens is 424 g/mol. The van der Waals surface area contributed by atoms with Crippen LogP contribution < -0.4 is 33.0 Å². The van der Waals surface area contributed by atoms with Crippen LogP contribution >= 0.6 is 11.6 Å². The number of benzene rings is 1. The molecule has 1 aromatic carbocycles. The minimum atomic E-state index is -0.665. The number of carbonyl (C=O) groups excluding carboxylic acids is 1. The fraction of sp³-hybridized carbons (Fsp3) is 0.368. The molecule has 1 aromatic heterocycles. The number of carbonyl (C=O) groups is 1. The Kier molecular flexibility index (Phi) is 9.25. The number of hydrogen-bond donors (Lipinski definition) is 5. The Morgan fingerprint density at radius 2 is 1.90 bits per heavy atom. The summed E-state index contributed by atoms with van der Waals surface area (Å²) in [7, 11) is 0. The van der Waals surface area contributed by atoms with Crippen molar-refractivity contribution in [3.8, 4) is 5.75 Å². The van der Waals surface area contributed by atoms with Crippen LogP contribution in [-0.4, -0.2) is 41.4 Å². The van der Waals surface area contributed by atoms with E-state index in [1.807, 2.05) is 24.3 Å². The van der Waals surface area contributed by atoms with Crippen LogP contribution in [0.3, 0.4) is 0 Å². The van der Waals surface area contributed by atoms with Crippen molar-refractivity contribution >= 4 is 35.1 Å². The van der Waals surface area contributed by atoms with Gasteiger partial charge >= 0.3 is 0 Å². The minimum absolute atomic E-state index is 0.0468. The van der Waals surface area contributed by atoms with Crippen molar-refractivity contribution in [1.82, 2.24) is 15.3 Å². The van der Waals surface area contributed by atoms with Crippen LogP contribution in [-0.2, 0) is 11.2 Å². The van der Waals surface area contributed by atoms with Crippen molar-refractivity contribution in [2.45, 2.75) is 32.5 Å². The van der Waals surface area contributed by atoms with Crippen molar-refractivity contribution in [2.75, 3.05) is 24.7 Å². The lowest BCUT2D eigenvalue weighted by molar-refractivity contribution is -0.0641. The highest BCUT2D eigenvalue weighted by Crippen LogP contribution is 2.17. The Morgan fingerprint density at radius 1 is 1.19 bits per heavy atom. The number of unbranched alkanes of at least 4 members (excludes halogenated alkanes) is 1. The Morgan fingerprint density at radius 3 is 2.58 bits per heavy atom. The molecule has 0 radical (unpaired) electrons. The van der Waals surface area contributed by atoms with Gasteiger partial charge in [0.15, 0.2) is 34.7 Å². The predicted octanol–water partition coefficient (Wildman–Crippen LogP) is 1.02. The van der Waals surface area contributed by atoms with E-state index >= 15 is 0 Å². The molecule has 31 heavy (non-hydrogen) atoms. The van der Waals surface area contributed by atoms with Gasteiger partial charge in [-0.1, -0.05) is 23.7 Å². The van der Waals surface area contributed by atoms with Crippen LogP contribution in [0.15, 0.2) is 29.3 Å². The lowest BCUT2D eigenvalue weighted by Crippen LogP contribution is -2.38. The Balaban J connectivity index is 1.74. The molecule has 0 spiro atoms. The van der Waals surface area contributed by atoms with Gasteiger partial charge in [-0.15, -0.1) is 0 Å². The summed E-state index contributed by atoms with van der Waals surface area (Å²) in [5.74, 6) is -0.207. The maximum Gasteiger partial charge on any atom is 0.280 e. The molecule has 0 saturated heterocycles. The summed E-state index contributed by atoms with van der Waals surface area (Å²) in [6.07, 6.45) is 2.14. The largest absolute Gasteiger partial charge is 0.465 e. The number of rotatable bonds is 10. The summed E-state index contributed by atoms with van der Waals surface area (Å²) in [4.78, 5) is 23.8. The average molecular weight is 451 g/mol. The van der Waals surface area contributed by atoms with Crippen LogP contribution in [0.25, 0.3) is 0 Å². The van der Waals surface area contributed by atoms with Gasteiger partial charge in [0.05, 0.1) is 6.73 Å². The smallest absolute Gasteiger partial charge is 0.280 e. The van der Waals surface area contributed by atoms with Crippen molar-refractivity contribution in [3.63, 3.8) is 0 Å². The van der Waals surface area contributed by atoms with E-state index < -0.39 is 12.2 Å². The van der Waals surface area contributed by atoms with Gasteiger partial charge in [0.25, 0.3) is 5.91 Å². The number of aliphatic imine (C=N–C) groups is 1. The zero-order valence-electron chi connectivity index (χ0n) is 17.2. The number of halogens is 1. The molecule has 0 aliphatic carbocycles. The van der Waals surface area contributed by atoms with E-state index in [0.717, 1.165) is 19.3 Å². The van der Waals surface area contributed by atoms with Crippen LogP contribution in [0, 0.1) is 0 Å². The highest BCUT2D eigenvalue weighted by atomic mass is 35.5. The number of guanidine groups is 1. The van der Waals surface area contributed by atoms with Crippen molar-refractivity contribution in [1.29, 1.82) is 0 Å². The van der Waals surface area contributed by atoms with E-state index in [4.69, 9.17) is 44.0 Å². The molecule has 2 rings (SSSR count). The van der Waals surface area contributed by atoms with E-state index in [1.165, 1.54) is 5.56 Å². The van der Waals surface area contributed by atoms with E-state index in [1.54, 1.807) is 6.92 Å².